The van der Waals surface area contributed by atoms with Gasteiger partial charge in [0.05, 0.1) is 5.69 Å². The third kappa shape index (κ3) is 3.46. The van der Waals surface area contributed by atoms with E-state index in [9.17, 15) is 13.6 Å². The Kier molecular flexibility index (Phi) is 4.22. The number of nitrogens with one attached hydrogen (secondary N) is 2. The van der Waals surface area contributed by atoms with Crippen LogP contribution in [0, 0.1) is 18.6 Å². The molecule has 0 aliphatic carbocycles. The Labute approximate surface area is 131 Å². The number of aromatic nitrogens is 3. The van der Waals surface area contributed by atoms with Crippen molar-refractivity contribution in [2.75, 3.05) is 5.32 Å². The van der Waals surface area contributed by atoms with Crippen LogP contribution in [0.4, 0.5) is 19.3 Å². The monoisotopic (exact) mass is 321 g/mol. The molecule has 1 aromatic heterocycles. The number of halogens is 2. The number of carbonyl (C=O) groups excluding carboxylic acids is 1. The lowest BCUT2D eigenvalue weighted by Gasteiger charge is -2.17. The number of rotatable bonds is 2. The van der Waals surface area contributed by atoms with Crippen molar-refractivity contribution in [1.82, 2.24) is 20.1 Å². The van der Waals surface area contributed by atoms with E-state index >= 15 is 0 Å². The SMILES string of the molecule is Cc1nnc2n1CCC(NC(=O)Nc1cc(F)ccc1F)CC2. The number of urea groups is 1. The molecule has 0 spiro atoms. The molecule has 1 aliphatic rings. The van der Waals surface area contributed by atoms with E-state index in [-0.39, 0.29) is 11.7 Å². The Morgan fingerprint density at radius 1 is 1.30 bits per heavy atom. The summed E-state index contributed by atoms with van der Waals surface area (Å²) < 4.78 is 28.7. The summed E-state index contributed by atoms with van der Waals surface area (Å²) in [5, 5.41) is 13.3. The van der Waals surface area contributed by atoms with Gasteiger partial charge in [0.1, 0.15) is 23.3 Å². The van der Waals surface area contributed by atoms with Gasteiger partial charge < -0.3 is 15.2 Å². The fourth-order valence-electron chi connectivity index (χ4n) is 2.71. The highest BCUT2D eigenvalue weighted by atomic mass is 19.1. The minimum atomic E-state index is -0.677. The van der Waals surface area contributed by atoms with Gasteiger partial charge >= 0.3 is 6.03 Å². The van der Waals surface area contributed by atoms with Crippen molar-refractivity contribution in [2.45, 2.75) is 38.8 Å². The van der Waals surface area contributed by atoms with Gasteiger partial charge in [-0.3, -0.25) is 0 Å². The van der Waals surface area contributed by atoms with Crippen LogP contribution < -0.4 is 10.6 Å². The molecule has 2 heterocycles. The zero-order valence-corrected chi connectivity index (χ0v) is 12.6. The van der Waals surface area contributed by atoms with E-state index < -0.39 is 17.7 Å². The number of anilines is 1. The van der Waals surface area contributed by atoms with Crippen LogP contribution in [0.2, 0.25) is 0 Å². The van der Waals surface area contributed by atoms with Crippen molar-refractivity contribution in [2.24, 2.45) is 0 Å². The lowest BCUT2D eigenvalue weighted by atomic mass is 10.1. The van der Waals surface area contributed by atoms with Crippen molar-refractivity contribution < 1.29 is 13.6 Å². The highest BCUT2D eigenvalue weighted by Crippen LogP contribution is 2.17. The number of hydrogen-bond donors (Lipinski definition) is 2. The van der Waals surface area contributed by atoms with Crippen LogP contribution in [-0.2, 0) is 13.0 Å². The van der Waals surface area contributed by atoms with Gasteiger partial charge in [0.25, 0.3) is 0 Å². The first-order valence-electron chi connectivity index (χ1n) is 7.44. The summed E-state index contributed by atoms with van der Waals surface area (Å²) in [7, 11) is 0. The van der Waals surface area contributed by atoms with Crippen molar-refractivity contribution in [3.63, 3.8) is 0 Å². The largest absolute Gasteiger partial charge is 0.335 e. The Hall–Kier alpha value is -2.51. The van der Waals surface area contributed by atoms with Gasteiger partial charge in [-0.15, -0.1) is 10.2 Å². The van der Waals surface area contributed by atoms with Gasteiger partial charge in [-0.25, -0.2) is 13.6 Å². The first-order chi connectivity index (χ1) is 11.0. The second-order valence-corrected chi connectivity index (χ2v) is 5.56. The molecule has 0 bridgehead atoms. The van der Waals surface area contributed by atoms with Gasteiger partial charge in [-0.2, -0.15) is 0 Å². The Balaban J connectivity index is 1.59. The molecule has 1 aliphatic heterocycles. The summed E-state index contributed by atoms with van der Waals surface area (Å²) in [6.07, 6.45) is 2.15. The van der Waals surface area contributed by atoms with Crippen LogP contribution >= 0.6 is 0 Å². The highest BCUT2D eigenvalue weighted by Gasteiger charge is 2.20. The number of aryl methyl sites for hydroxylation is 2. The molecule has 6 nitrogen and oxygen atoms in total. The van der Waals surface area contributed by atoms with Crippen molar-refractivity contribution in [3.05, 3.63) is 41.5 Å². The number of amides is 2. The molecule has 2 amide bonds. The predicted octanol–water partition coefficient (Wildman–Crippen LogP) is 2.39. The van der Waals surface area contributed by atoms with Crippen molar-refractivity contribution >= 4 is 11.7 Å². The summed E-state index contributed by atoms with van der Waals surface area (Å²) in [6.45, 7) is 2.61. The maximum atomic E-state index is 13.5. The third-order valence-corrected chi connectivity index (χ3v) is 3.94. The molecule has 1 atom stereocenters. The molecule has 0 fully saturated rings. The van der Waals surface area contributed by atoms with E-state index in [0.29, 0.717) is 13.0 Å². The number of fused-ring (bicyclic) bond motifs is 1. The molecule has 0 saturated carbocycles. The Morgan fingerprint density at radius 2 is 2.13 bits per heavy atom. The van der Waals surface area contributed by atoms with Crippen LogP contribution in [0.25, 0.3) is 0 Å². The predicted molar refractivity (Wildman–Crippen MR) is 80.0 cm³/mol. The molecule has 2 aromatic rings. The average molecular weight is 321 g/mol. The molecule has 122 valence electrons. The Morgan fingerprint density at radius 3 is 2.96 bits per heavy atom. The van der Waals surface area contributed by atoms with E-state index in [1.54, 1.807) is 0 Å². The second kappa shape index (κ2) is 6.31. The molecular weight excluding hydrogens is 304 g/mol. The molecule has 0 saturated heterocycles. The first kappa shape index (κ1) is 15.4. The quantitative estimate of drug-likeness (QED) is 0.892. The Bertz CT molecular complexity index is 731. The fraction of sp³-hybridized carbons (Fsp3) is 0.400. The van der Waals surface area contributed by atoms with E-state index in [1.165, 1.54) is 0 Å². The molecule has 0 radical (unpaired) electrons. The van der Waals surface area contributed by atoms with Crippen molar-refractivity contribution in [1.29, 1.82) is 0 Å². The number of nitrogens with zero attached hydrogens (tertiary/aromatic N) is 3. The number of benzene rings is 1. The minimum Gasteiger partial charge on any atom is -0.335 e. The summed E-state index contributed by atoms with van der Waals surface area (Å²) in [4.78, 5) is 12.0. The molecular formula is C15H17F2N5O. The standard InChI is InChI=1S/C15H17F2N5O/c1-9-20-21-14-5-3-11(6-7-22(9)14)18-15(23)19-13-8-10(16)2-4-12(13)17/h2,4,8,11H,3,5-7H2,1H3,(H2,18,19,23). The highest BCUT2D eigenvalue weighted by molar-refractivity contribution is 5.89. The van der Waals surface area contributed by atoms with Gasteiger partial charge in [0.2, 0.25) is 0 Å². The van der Waals surface area contributed by atoms with Crippen LogP contribution in [-0.4, -0.2) is 26.8 Å². The third-order valence-electron chi connectivity index (χ3n) is 3.94. The fourth-order valence-corrected chi connectivity index (χ4v) is 2.71. The number of carbonyl (C=O) groups is 1. The van der Waals surface area contributed by atoms with Crippen LogP contribution in [0.5, 0.6) is 0 Å². The molecule has 8 heteroatoms. The minimum absolute atomic E-state index is 0.0623. The summed E-state index contributed by atoms with van der Waals surface area (Å²) >= 11 is 0. The molecule has 1 aromatic carbocycles. The van der Waals surface area contributed by atoms with Crippen LogP contribution in [0.1, 0.15) is 24.5 Å². The van der Waals surface area contributed by atoms with E-state index in [4.69, 9.17) is 0 Å². The van der Waals surface area contributed by atoms with Crippen LogP contribution in [0.3, 0.4) is 0 Å². The van der Waals surface area contributed by atoms with Gasteiger partial charge in [-0.1, -0.05) is 0 Å². The maximum absolute atomic E-state index is 13.5. The van der Waals surface area contributed by atoms with Gasteiger partial charge in [0.15, 0.2) is 0 Å². The molecule has 1 unspecified atom stereocenters. The van der Waals surface area contributed by atoms with Crippen molar-refractivity contribution in [3.8, 4) is 0 Å². The summed E-state index contributed by atoms with van der Waals surface area (Å²) in [5.41, 5.74) is -0.177. The van der Waals surface area contributed by atoms with E-state index in [1.807, 2.05) is 11.5 Å². The number of hydrogen-bond acceptors (Lipinski definition) is 3. The summed E-state index contributed by atoms with van der Waals surface area (Å²) in [5.74, 6) is 0.476. The summed E-state index contributed by atoms with van der Waals surface area (Å²) in [6, 6.07) is 2.32. The maximum Gasteiger partial charge on any atom is 0.319 e. The van der Waals surface area contributed by atoms with E-state index in [2.05, 4.69) is 20.8 Å². The van der Waals surface area contributed by atoms with Gasteiger partial charge in [0, 0.05) is 25.1 Å². The topological polar surface area (TPSA) is 71.8 Å². The zero-order valence-electron chi connectivity index (χ0n) is 12.6. The first-order valence-corrected chi connectivity index (χ1v) is 7.44. The molecule has 2 N–H and O–H groups in total. The second-order valence-electron chi connectivity index (χ2n) is 5.56. The normalized spacial score (nSPS) is 17.3. The smallest absolute Gasteiger partial charge is 0.319 e. The average Bonchev–Trinajstić information content (AvgIpc) is 2.73. The lowest BCUT2D eigenvalue weighted by molar-refractivity contribution is 0.246. The zero-order chi connectivity index (χ0) is 16.4. The van der Waals surface area contributed by atoms with Gasteiger partial charge in [-0.05, 0) is 31.9 Å². The van der Waals surface area contributed by atoms with E-state index in [0.717, 1.165) is 42.7 Å². The van der Waals surface area contributed by atoms with Crippen LogP contribution in [0.15, 0.2) is 18.2 Å². The molecule has 3 rings (SSSR count). The lowest BCUT2D eigenvalue weighted by Crippen LogP contribution is -2.38. The molecule has 23 heavy (non-hydrogen) atoms.